The molecule has 0 saturated heterocycles. The monoisotopic (exact) mass is 800 g/mol. The molecule has 9 aromatic carbocycles. The van der Waals surface area contributed by atoms with E-state index in [2.05, 4.69) is 211 Å². The van der Waals surface area contributed by atoms with Crippen molar-refractivity contribution < 1.29 is 0 Å². The predicted octanol–water partition coefficient (Wildman–Crippen LogP) is 10.6. The number of aromatic nitrogens is 2. The van der Waals surface area contributed by atoms with E-state index >= 15 is 0 Å². The third-order valence-corrected chi connectivity index (χ3v) is 21.4. The molecule has 0 N–H and O–H groups in total. The number of hydrogen-bond donors (Lipinski definition) is 0. The maximum Gasteiger partial charge on any atom is 0.147 e. The van der Waals surface area contributed by atoms with Gasteiger partial charge in [0.1, 0.15) is 5.65 Å². The number of hydrogen-bond acceptors (Lipinski definition) is 3. The van der Waals surface area contributed by atoms with E-state index in [0.717, 1.165) is 43.5 Å². The van der Waals surface area contributed by atoms with Gasteiger partial charge >= 0.3 is 0 Å². The van der Waals surface area contributed by atoms with Gasteiger partial charge in [0.15, 0.2) is 0 Å². The summed E-state index contributed by atoms with van der Waals surface area (Å²) < 4.78 is 2.38. The van der Waals surface area contributed by atoms with Gasteiger partial charge in [-0.1, -0.05) is 206 Å². The lowest BCUT2D eigenvalue weighted by atomic mass is 9.99. The molecule has 11 rings (SSSR count). The van der Waals surface area contributed by atoms with Crippen LogP contribution in [0.5, 0.6) is 0 Å². The summed E-state index contributed by atoms with van der Waals surface area (Å²) >= 11 is 13.8. The molecule has 2 nitrogen and oxygen atoms in total. The Morgan fingerprint density at radius 2 is 0.842 bits per heavy atom. The molecule has 2 aromatic heterocycles. The van der Waals surface area contributed by atoms with Gasteiger partial charge in [0.25, 0.3) is 0 Å². The van der Waals surface area contributed by atoms with Crippen molar-refractivity contribution in [2.75, 3.05) is 0 Å². The number of rotatable bonds is 6. The summed E-state index contributed by atoms with van der Waals surface area (Å²) in [6.45, 7) is 0. The average molecular weight is 801 g/mol. The number of fused-ring (bicyclic) bond motifs is 11. The Labute approximate surface area is 341 Å². The first-order valence-corrected chi connectivity index (χ1v) is 24.7. The summed E-state index contributed by atoms with van der Waals surface area (Å²) in [5, 5.41) is 15.2. The van der Waals surface area contributed by atoms with Gasteiger partial charge in [0, 0.05) is 22.8 Å². The van der Waals surface area contributed by atoms with Crippen molar-refractivity contribution in [3.63, 3.8) is 0 Å². The number of benzene rings is 9. The topological polar surface area (TPSA) is 17.3 Å². The quantitative estimate of drug-likeness (QED) is 0.123. The maximum absolute atomic E-state index is 6.94. The third-order valence-electron chi connectivity index (χ3n) is 11.5. The van der Waals surface area contributed by atoms with Crippen molar-refractivity contribution in [1.29, 1.82) is 0 Å². The number of pyridine rings is 1. The number of nitrogens with zero attached hydrogens (tertiary/aromatic N) is 2. The van der Waals surface area contributed by atoms with Gasteiger partial charge < -0.3 is 0 Å². The first-order chi connectivity index (χ1) is 28.0. The summed E-state index contributed by atoms with van der Waals surface area (Å²) in [7, 11) is 0. The third kappa shape index (κ3) is 5.33. The zero-order valence-corrected chi connectivity index (χ0v) is 34.2. The van der Waals surface area contributed by atoms with Crippen molar-refractivity contribution in [3.05, 3.63) is 206 Å². The highest BCUT2D eigenvalue weighted by molar-refractivity contribution is 8.26. The molecule has 11 aromatic rings. The lowest BCUT2D eigenvalue weighted by Gasteiger charge is -2.25. The van der Waals surface area contributed by atoms with Crippen LogP contribution in [0.2, 0.25) is 0 Å². The fourth-order valence-corrected chi connectivity index (χ4v) is 16.2. The Morgan fingerprint density at radius 1 is 0.351 bits per heavy atom. The predicted molar refractivity (Wildman–Crippen MR) is 255 cm³/mol. The van der Waals surface area contributed by atoms with E-state index in [1.165, 1.54) is 48.2 Å². The van der Waals surface area contributed by atoms with Crippen molar-refractivity contribution in [3.8, 4) is 0 Å². The molecule has 0 spiro atoms. The summed E-state index contributed by atoms with van der Waals surface area (Å²) in [6, 6.07) is 69.3. The van der Waals surface area contributed by atoms with Gasteiger partial charge in [-0.15, -0.1) is 0 Å². The molecule has 2 heterocycles. The highest BCUT2D eigenvalue weighted by Gasteiger charge is 2.28. The van der Waals surface area contributed by atoms with Crippen LogP contribution < -0.4 is 31.8 Å². The minimum absolute atomic E-state index is 0.927. The Hall–Kier alpha value is -5.73. The molecule has 57 heavy (non-hydrogen) atoms. The fourth-order valence-electron chi connectivity index (χ4n) is 8.72. The van der Waals surface area contributed by atoms with Crippen molar-refractivity contribution in [2.45, 2.75) is 0 Å². The Balaban J connectivity index is 1.23. The molecule has 0 aliphatic carbocycles. The van der Waals surface area contributed by atoms with Crippen molar-refractivity contribution in [1.82, 2.24) is 9.38 Å². The smallest absolute Gasteiger partial charge is 0.147 e. The molecule has 1 atom stereocenters. The van der Waals surface area contributed by atoms with E-state index in [1.54, 1.807) is 0 Å². The van der Waals surface area contributed by atoms with E-state index in [1.807, 2.05) is 0 Å². The van der Waals surface area contributed by atoms with Crippen LogP contribution >= 0.6 is 12.1 Å². The average Bonchev–Trinajstić information content (AvgIpc) is 3.68. The second kappa shape index (κ2) is 13.4. The zero-order valence-electron chi connectivity index (χ0n) is 30.7. The zero-order chi connectivity index (χ0) is 38.1. The summed E-state index contributed by atoms with van der Waals surface area (Å²) in [5.41, 5.74) is 4.01. The molecule has 0 aliphatic heterocycles. The molecule has 0 fully saturated rings. The normalized spacial score (nSPS) is 13.2. The van der Waals surface area contributed by atoms with E-state index in [9.17, 15) is 0 Å². The summed E-state index contributed by atoms with van der Waals surface area (Å²) in [5.74, 6) is 0. The van der Waals surface area contributed by atoms with Gasteiger partial charge in [0.2, 0.25) is 0 Å². The largest absolute Gasteiger partial charge is 0.292 e. The molecule has 1 unspecified atom stereocenters. The van der Waals surface area contributed by atoms with Crippen LogP contribution in [0, 0.1) is 0 Å². The molecule has 6 heteroatoms. The van der Waals surface area contributed by atoms with Crippen LogP contribution in [0.25, 0.3) is 59.9 Å². The van der Waals surface area contributed by atoms with Crippen LogP contribution in [0.1, 0.15) is 0 Å². The van der Waals surface area contributed by atoms with Gasteiger partial charge in [-0.25, -0.2) is 4.98 Å². The molecule has 0 aliphatic rings. The molecule has 0 amide bonds. The number of imidazole rings is 1. The van der Waals surface area contributed by atoms with Crippen molar-refractivity contribution in [2.24, 2.45) is 0 Å². The Morgan fingerprint density at radius 3 is 1.53 bits per heavy atom. The second-order valence-electron chi connectivity index (χ2n) is 14.6. The van der Waals surface area contributed by atoms with Crippen LogP contribution in [-0.2, 0) is 23.6 Å². The minimum Gasteiger partial charge on any atom is -0.292 e. The van der Waals surface area contributed by atoms with Gasteiger partial charge in [-0.3, -0.25) is 4.40 Å². The second-order valence-corrected chi connectivity index (χ2v) is 23.4. The van der Waals surface area contributed by atoms with E-state index < -0.39 is 12.1 Å². The lowest BCUT2D eigenvalue weighted by Crippen LogP contribution is -2.25. The molecule has 0 saturated carbocycles. The van der Waals surface area contributed by atoms with Crippen LogP contribution in [0.15, 0.2) is 206 Å². The highest BCUT2D eigenvalue weighted by Crippen LogP contribution is 2.46. The van der Waals surface area contributed by atoms with Crippen LogP contribution in [-0.4, -0.2) is 9.38 Å². The Bertz CT molecular complexity index is 3430. The van der Waals surface area contributed by atoms with Crippen LogP contribution in [0.3, 0.4) is 0 Å². The van der Waals surface area contributed by atoms with E-state index in [-0.39, 0.29) is 0 Å². The molecule has 0 bridgehead atoms. The molecule has 0 radical (unpaired) electrons. The highest BCUT2D eigenvalue weighted by atomic mass is 32.4. The Kier molecular flexibility index (Phi) is 8.14. The van der Waals surface area contributed by atoms with Gasteiger partial charge in [0.05, 0.1) is 16.6 Å². The van der Waals surface area contributed by atoms with Crippen molar-refractivity contribution >= 4 is 127 Å². The maximum atomic E-state index is 6.94. The lowest BCUT2D eigenvalue weighted by molar-refractivity contribution is 1.32. The van der Waals surface area contributed by atoms with Gasteiger partial charge in [-0.2, -0.15) is 0 Å². The molecular weight excluding hydrogens is 767 g/mol. The minimum atomic E-state index is -2.49. The van der Waals surface area contributed by atoms with Crippen LogP contribution in [0.4, 0.5) is 0 Å². The molecule has 270 valence electrons. The standard InChI is InChI=1S/C51H34N2P2S2/c56-54(38-17-4-1-5-18-38,39-19-6-2-7-20-39)43-27-30-45-46-29-25-36-15-12-13-23-44(36)50(46)51-52-47-33-42(28-31-48(47)53(51)49(45)34-43)55(57,40-21-8-3-9-22-40)41-26-24-35-14-10-11-16-37(35)32-41/h1-34H. The van der Waals surface area contributed by atoms with Gasteiger partial charge in [-0.05, 0) is 83.0 Å². The first kappa shape index (κ1) is 34.5. The summed E-state index contributed by atoms with van der Waals surface area (Å²) in [6.07, 6.45) is 0. The summed E-state index contributed by atoms with van der Waals surface area (Å²) in [4.78, 5) is 5.58. The molecular formula is C51H34N2P2S2. The van der Waals surface area contributed by atoms with E-state index in [0.29, 0.717) is 0 Å². The first-order valence-electron chi connectivity index (χ1n) is 19.1. The van der Waals surface area contributed by atoms with E-state index in [4.69, 9.17) is 28.6 Å². The SMILES string of the molecule is S=P(c1ccccc1)(c1ccc2ccccc2c1)c1ccc2c(c1)nc1c3c4ccccc4ccc3c3ccc(P(=S)(c4ccccc4)c4ccccc4)cc3n21. The fraction of sp³-hybridized carbons (Fsp3) is 0.